The number of methoxy groups -OCH3 is 1. The molecule has 0 aliphatic heterocycles. The predicted molar refractivity (Wildman–Crippen MR) is 77.2 cm³/mol. The fourth-order valence-corrected chi connectivity index (χ4v) is 2.34. The highest BCUT2D eigenvalue weighted by molar-refractivity contribution is 9.10. The minimum atomic E-state index is -0.528. The van der Waals surface area contributed by atoms with Crippen LogP contribution in [0.2, 0.25) is 0 Å². The lowest BCUT2D eigenvalue weighted by Crippen LogP contribution is -2.19. The first-order valence-corrected chi connectivity index (χ1v) is 6.48. The molecule has 0 saturated carbocycles. The van der Waals surface area contributed by atoms with Gasteiger partial charge in [0.15, 0.2) is 0 Å². The molecule has 1 heterocycles. The minimum Gasteiger partial charge on any atom is -0.496 e. The lowest BCUT2D eigenvalue weighted by atomic mass is 10.2. The average Bonchev–Trinajstić information content (AvgIpc) is 2.41. The molecule has 0 N–H and O–H groups in total. The van der Waals surface area contributed by atoms with Gasteiger partial charge >= 0.3 is 0 Å². The van der Waals surface area contributed by atoms with Gasteiger partial charge in [-0.15, -0.1) is 0 Å². The summed E-state index contributed by atoms with van der Waals surface area (Å²) in [7, 11) is 1.56. The normalized spacial score (nSPS) is 10.3. The fraction of sp³-hybridized carbons (Fsp3) is 0.154. The van der Waals surface area contributed by atoms with Crippen LogP contribution in [-0.2, 0) is 6.54 Å². The molecule has 1 aromatic carbocycles. The topological polar surface area (TPSA) is 74.4 Å². The summed E-state index contributed by atoms with van der Waals surface area (Å²) in [5.74, 6) is 0.681. The highest BCUT2D eigenvalue weighted by Crippen LogP contribution is 2.25. The van der Waals surface area contributed by atoms with Crippen molar-refractivity contribution in [3.8, 4) is 5.75 Å². The van der Waals surface area contributed by atoms with Gasteiger partial charge in [-0.05, 0) is 33.6 Å². The van der Waals surface area contributed by atoms with E-state index in [1.165, 1.54) is 22.9 Å². The van der Waals surface area contributed by atoms with Crippen LogP contribution in [0.5, 0.6) is 5.75 Å². The van der Waals surface area contributed by atoms with Crippen molar-refractivity contribution in [1.82, 2.24) is 4.57 Å². The highest BCUT2D eigenvalue weighted by Gasteiger charge is 2.09. The van der Waals surface area contributed by atoms with Crippen LogP contribution in [0.15, 0.2) is 45.8 Å². The number of ether oxygens (including phenoxy) is 1. The smallest absolute Gasteiger partial charge is 0.285 e. The summed E-state index contributed by atoms with van der Waals surface area (Å²) in [6.45, 7) is 0.253. The van der Waals surface area contributed by atoms with Crippen LogP contribution in [0, 0.1) is 10.1 Å². The summed E-state index contributed by atoms with van der Waals surface area (Å²) >= 11 is 3.36. The van der Waals surface area contributed by atoms with Gasteiger partial charge in [0.2, 0.25) is 0 Å². The van der Waals surface area contributed by atoms with Gasteiger partial charge in [-0.2, -0.15) is 0 Å². The van der Waals surface area contributed by atoms with Crippen molar-refractivity contribution in [1.29, 1.82) is 0 Å². The number of nitro groups is 1. The van der Waals surface area contributed by atoms with Crippen molar-refractivity contribution in [3.05, 3.63) is 67.0 Å². The molecule has 0 aliphatic rings. The largest absolute Gasteiger partial charge is 0.496 e. The Hall–Kier alpha value is -2.15. The Morgan fingerprint density at radius 3 is 2.70 bits per heavy atom. The maximum Gasteiger partial charge on any atom is 0.285 e. The van der Waals surface area contributed by atoms with Crippen LogP contribution in [-0.4, -0.2) is 16.6 Å². The Labute approximate surface area is 122 Å². The van der Waals surface area contributed by atoms with Crippen LogP contribution in [0.25, 0.3) is 0 Å². The first kappa shape index (κ1) is 14.3. The Morgan fingerprint density at radius 1 is 1.35 bits per heavy atom. The van der Waals surface area contributed by atoms with E-state index in [4.69, 9.17) is 4.74 Å². The van der Waals surface area contributed by atoms with Crippen LogP contribution in [0.3, 0.4) is 0 Å². The van der Waals surface area contributed by atoms with E-state index in [0.29, 0.717) is 5.75 Å². The molecule has 0 atom stereocenters. The van der Waals surface area contributed by atoms with Crippen LogP contribution < -0.4 is 10.3 Å². The minimum absolute atomic E-state index is 0.114. The lowest BCUT2D eigenvalue weighted by Gasteiger charge is -2.08. The summed E-state index contributed by atoms with van der Waals surface area (Å²) in [4.78, 5) is 21.9. The fourth-order valence-electron chi connectivity index (χ4n) is 1.76. The number of halogens is 1. The molecule has 0 unspecified atom stereocenters. The number of hydrogen-bond donors (Lipinski definition) is 0. The van der Waals surface area contributed by atoms with Crippen LogP contribution >= 0.6 is 15.9 Å². The van der Waals surface area contributed by atoms with E-state index < -0.39 is 4.92 Å². The van der Waals surface area contributed by atoms with E-state index >= 15 is 0 Å². The summed E-state index contributed by atoms with van der Waals surface area (Å²) in [5, 5.41) is 10.7. The molecule has 0 aliphatic carbocycles. The van der Waals surface area contributed by atoms with Gasteiger partial charge in [0.25, 0.3) is 11.2 Å². The van der Waals surface area contributed by atoms with Gasteiger partial charge in [0.1, 0.15) is 5.75 Å². The number of hydrogen-bond acceptors (Lipinski definition) is 4. The molecule has 6 nitrogen and oxygen atoms in total. The molecule has 0 radical (unpaired) electrons. The number of benzene rings is 1. The van der Waals surface area contributed by atoms with Crippen molar-refractivity contribution in [2.75, 3.05) is 7.11 Å². The standard InChI is InChI=1S/C13H11BrN2O4/c1-20-12-4-2-9(6-11(12)14)7-15-8-10(16(18)19)3-5-13(15)17/h2-6,8H,7H2,1H3. The molecule has 0 fully saturated rings. The molecule has 20 heavy (non-hydrogen) atoms. The molecule has 2 aromatic rings. The molecule has 7 heteroatoms. The third-order valence-corrected chi connectivity index (χ3v) is 3.37. The van der Waals surface area contributed by atoms with Gasteiger partial charge in [-0.25, -0.2) is 0 Å². The maximum absolute atomic E-state index is 11.7. The molecule has 104 valence electrons. The van der Waals surface area contributed by atoms with Crippen LogP contribution in [0.1, 0.15) is 5.56 Å². The third-order valence-electron chi connectivity index (χ3n) is 2.75. The average molecular weight is 339 g/mol. The van der Waals surface area contributed by atoms with Crippen LogP contribution in [0.4, 0.5) is 5.69 Å². The predicted octanol–water partition coefficient (Wildman–Crippen LogP) is 2.58. The second kappa shape index (κ2) is 5.87. The zero-order valence-corrected chi connectivity index (χ0v) is 12.2. The molecule has 0 spiro atoms. The third kappa shape index (κ3) is 3.05. The Kier molecular flexibility index (Phi) is 4.19. The van der Waals surface area contributed by atoms with E-state index in [1.54, 1.807) is 19.2 Å². The number of nitrogens with zero attached hydrogens (tertiary/aromatic N) is 2. The van der Waals surface area contributed by atoms with E-state index in [1.807, 2.05) is 6.07 Å². The van der Waals surface area contributed by atoms with Gasteiger partial charge in [0.05, 0.1) is 29.2 Å². The van der Waals surface area contributed by atoms with Crippen molar-refractivity contribution in [2.24, 2.45) is 0 Å². The zero-order valence-electron chi connectivity index (χ0n) is 10.6. The molecular weight excluding hydrogens is 328 g/mol. The quantitative estimate of drug-likeness (QED) is 0.634. The van der Waals surface area contributed by atoms with Gasteiger partial charge < -0.3 is 9.30 Å². The molecule has 0 amide bonds. The van der Waals surface area contributed by atoms with Gasteiger partial charge in [-0.1, -0.05) is 6.07 Å². The molecule has 1 aromatic heterocycles. The Balaban J connectivity index is 2.34. The van der Waals surface area contributed by atoms with E-state index in [2.05, 4.69) is 15.9 Å². The molecular formula is C13H11BrN2O4. The molecule has 0 saturated heterocycles. The van der Waals surface area contributed by atoms with Crippen molar-refractivity contribution < 1.29 is 9.66 Å². The van der Waals surface area contributed by atoms with Crippen molar-refractivity contribution >= 4 is 21.6 Å². The van der Waals surface area contributed by atoms with Crippen molar-refractivity contribution in [2.45, 2.75) is 6.54 Å². The summed E-state index contributed by atoms with van der Waals surface area (Å²) in [5.41, 5.74) is 0.431. The second-order valence-electron chi connectivity index (χ2n) is 4.08. The summed E-state index contributed by atoms with van der Waals surface area (Å²) in [6, 6.07) is 7.76. The van der Waals surface area contributed by atoms with E-state index in [9.17, 15) is 14.9 Å². The Morgan fingerprint density at radius 2 is 2.10 bits per heavy atom. The maximum atomic E-state index is 11.7. The number of rotatable bonds is 4. The molecule has 0 bridgehead atoms. The second-order valence-corrected chi connectivity index (χ2v) is 4.93. The van der Waals surface area contributed by atoms with Gasteiger partial charge in [-0.3, -0.25) is 14.9 Å². The first-order chi connectivity index (χ1) is 9.51. The number of pyridine rings is 1. The zero-order chi connectivity index (χ0) is 14.7. The van der Waals surface area contributed by atoms with Crippen molar-refractivity contribution in [3.63, 3.8) is 0 Å². The first-order valence-electron chi connectivity index (χ1n) is 5.68. The van der Waals surface area contributed by atoms with Gasteiger partial charge in [0, 0.05) is 12.1 Å². The highest BCUT2D eigenvalue weighted by atomic mass is 79.9. The van der Waals surface area contributed by atoms with E-state index in [0.717, 1.165) is 10.0 Å². The summed E-state index contributed by atoms with van der Waals surface area (Å²) in [6.07, 6.45) is 1.24. The van der Waals surface area contributed by atoms with E-state index in [-0.39, 0.29) is 17.8 Å². The Bertz CT molecular complexity index is 712. The summed E-state index contributed by atoms with van der Waals surface area (Å²) < 4.78 is 7.18. The SMILES string of the molecule is COc1ccc(Cn2cc([N+](=O)[O-])ccc2=O)cc1Br. The lowest BCUT2D eigenvalue weighted by molar-refractivity contribution is -0.385. The number of aromatic nitrogens is 1. The molecule has 2 rings (SSSR count). The monoisotopic (exact) mass is 338 g/mol.